The Hall–Kier alpha value is -1.58. The fourth-order valence-electron chi connectivity index (χ4n) is 2.59. The molecule has 0 radical (unpaired) electrons. The third kappa shape index (κ3) is 6.14. The van der Waals surface area contributed by atoms with Crippen LogP contribution in [0.2, 0.25) is 0 Å². The number of rotatable bonds is 5. The molecule has 1 aromatic heterocycles. The number of aromatic nitrogens is 1. The van der Waals surface area contributed by atoms with Gasteiger partial charge in [0.1, 0.15) is 12.4 Å². The highest BCUT2D eigenvalue weighted by Crippen LogP contribution is 2.18. The lowest BCUT2D eigenvalue weighted by molar-refractivity contribution is -0.146. The minimum absolute atomic E-state index is 0. The summed E-state index contributed by atoms with van der Waals surface area (Å²) in [4.78, 5) is 22.0. The van der Waals surface area contributed by atoms with E-state index in [2.05, 4.69) is 20.2 Å². The number of aliphatic imine (C=N–C) groups is 1. The number of piperidine rings is 1. The van der Waals surface area contributed by atoms with Crippen molar-refractivity contribution in [3.8, 4) is 5.75 Å². The summed E-state index contributed by atoms with van der Waals surface area (Å²) in [6, 6.07) is 3.71. The van der Waals surface area contributed by atoms with Gasteiger partial charge in [-0.15, -0.1) is 24.0 Å². The molecule has 0 amide bonds. The molecular weight excluding hydrogens is 423 g/mol. The van der Waals surface area contributed by atoms with Crippen LogP contribution in [0.25, 0.3) is 0 Å². The Morgan fingerprint density at radius 2 is 2.21 bits per heavy atom. The molecule has 134 valence electrons. The molecule has 1 aliphatic heterocycles. The zero-order valence-electron chi connectivity index (χ0n) is 14.1. The number of nitrogens with zero attached hydrogens (tertiary/aromatic N) is 3. The van der Waals surface area contributed by atoms with Gasteiger partial charge in [-0.3, -0.25) is 14.8 Å². The van der Waals surface area contributed by atoms with E-state index >= 15 is 0 Å². The van der Waals surface area contributed by atoms with Gasteiger partial charge in [0, 0.05) is 26.3 Å². The van der Waals surface area contributed by atoms with E-state index in [4.69, 9.17) is 9.47 Å². The Bertz CT molecular complexity index is 519. The van der Waals surface area contributed by atoms with Crippen molar-refractivity contribution >= 4 is 35.9 Å². The van der Waals surface area contributed by atoms with Gasteiger partial charge in [-0.05, 0) is 25.0 Å². The first kappa shape index (κ1) is 20.5. The van der Waals surface area contributed by atoms with Crippen molar-refractivity contribution in [2.24, 2.45) is 10.9 Å². The molecule has 7 nitrogen and oxygen atoms in total. The molecule has 0 saturated carbocycles. The number of carbonyl (C=O) groups is 1. The minimum Gasteiger partial charge on any atom is -0.490 e. The van der Waals surface area contributed by atoms with Crippen LogP contribution in [-0.2, 0) is 9.53 Å². The van der Waals surface area contributed by atoms with E-state index in [-0.39, 0.29) is 35.9 Å². The summed E-state index contributed by atoms with van der Waals surface area (Å²) < 4.78 is 10.4. The third-order valence-corrected chi connectivity index (χ3v) is 3.83. The fourth-order valence-corrected chi connectivity index (χ4v) is 2.59. The van der Waals surface area contributed by atoms with Crippen LogP contribution < -0.4 is 10.1 Å². The van der Waals surface area contributed by atoms with Crippen molar-refractivity contribution in [2.45, 2.75) is 12.8 Å². The number of carbonyl (C=O) groups excluding carboxylic acids is 1. The van der Waals surface area contributed by atoms with Crippen LogP contribution in [0.1, 0.15) is 12.8 Å². The summed E-state index contributed by atoms with van der Waals surface area (Å²) in [5.74, 6) is 1.48. The lowest BCUT2D eigenvalue weighted by Crippen LogP contribution is -2.47. The highest BCUT2D eigenvalue weighted by molar-refractivity contribution is 14.0. The van der Waals surface area contributed by atoms with Crippen molar-refractivity contribution in [1.82, 2.24) is 15.2 Å². The van der Waals surface area contributed by atoms with Crippen LogP contribution in [-0.4, -0.2) is 62.2 Å². The van der Waals surface area contributed by atoms with Gasteiger partial charge in [0.05, 0.1) is 25.8 Å². The quantitative estimate of drug-likeness (QED) is 0.242. The molecule has 1 N–H and O–H groups in total. The number of hydrogen-bond donors (Lipinski definition) is 1. The Labute approximate surface area is 159 Å². The van der Waals surface area contributed by atoms with Gasteiger partial charge < -0.3 is 19.7 Å². The van der Waals surface area contributed by atoms with E-state index in [1.807, 2.05) is 12.1 Å². The Kier molecular flexibility index (Phi) is 9.43. The van der Waals surface area contributed by atoms with E-state index in [1.165, 1.54) is 7.11 Å². The van der Waals surface area contributed by atoms with Crippen LogP contribution in [0.15, 0.2) is 29.5 Å². The number of ether oxygens (including phenoxy) is 2. The van der Waals surface area contributed by atoms with Crippen molar-refractivity contribution in [2.75, 3.05) is 40.4 Å². The SMILES string of the molecule is CN=C(NCCOc1cccnc1)N1CCC(C(=O)OC)CC1.I. The van der Waals surface area contributed by atoms with E-state index in [1.54, 1.807) is 19.4 Å². The van der Waals surface area contributed by atoms with Crippen molar-refractivity contribution in [3.05, 3.63) is 24.5 Å². The van der Waals surface area contributed by atoms with Gasteiger partial charge in [0.2, 0.25) is 0 Å². The maximum absolute atomic E-state index is 11.6. The smallest absolute Gasteiger partial charge is 0.308 e. The molecule has 2 heterocycles. The van der Waals surface area contributed by atoms with Gasteiger partial charge in [-0.1, -0.05) is 0 Å². The van der Waals surface area contributed by atoms with Crippen LogP contribution in [0.3, 0.4) is 0 Å². The first-order valence-electron chi connectivity index (χ1n) is 7.81. The Morgan fingerprint density at radius 1 is 1.46 bits per heavy atom. The zero-order chi connectivity index (χ0) is 16.5. The maximum atomic E-state index is 11.6. The number of pyridine rings is 1. The predicted octanol–water partition coefficient (Wildman–Crippen LogP) is 1.54. The highest BCUT2D eigenvalue weighted by atomic mass is 127. The average Bonchev–Trinajstić information content (AvgIpc) is 2.62. The molecule has 2 rings (SSSR count). The van der Waals surface area contributed by atoms with E-state index in [9.17, 15) is 4.79 Å². The second kappa shape index (κ2) is 11.1. The van der Waals surface area contributed by atoms with Crippen molar-refractivity contribution in [1.29, 1.82) is 0 Å². The number of methoxy groups -OCH3 is 1. The van der Waals surface area contributed by atoms with Gasteiger partial charge in [0.15, 0.2) is 5.96 Å². The molecule has 1 saturated heterocycles. The van der Waals surface area contributed by atoms with E-state index in [0.717, 1.165) is 37.6 Å². The Morgan fingerprint density at radius 3 is 2.79 bits per heavy atom. The average molecular weight is 448 g/mol. The molecule has 0 spiro atoms. The number of hydrogen-bond acceptors (Lipinski definition) is 5. The second-order valence-electron chi connectivity index (χ2n) is 5.30. The van der Waals surface area contributed by atoms with Crippen LogP contribution in [0.4, 0.5) is 0 Å². The fraction of sp³-hybridized carbons (Fsp3) is 0.562. The summed E-state index contributed by atoms with van der Waals surface area (Å²) >= 11 is 0. The highest BCUT2D eigenvalue weighted by Gasteiger charge is 2.26. The standard InChI is InChI=1S/C16H24N4O3.HI/c1-17-16(19-8-11-23-14-4-3-7-18-12-14)20-9-5-13(6-10-20)15(21)22-2;/h3-4,7,12-13H,5-6,8-11H2,1-2H3,(H,17,19);1H. The lowest BCUT2D eigenvalue weighted by Gasteiger charge is -2.33. The van der Waals surface area contributed by atoms with Crippen LogP contribution in [0, 0.1) is 5.92 Å². The molecule has 0 bridgehead atoms. The number of guanidine groups is 1. The molecule has 0 aliphatic carbocycles. The van der Waals surface area contributed by atoms with E-state index in [0.29, 0.717) is 13.2 Å². The molecule has 1 fully saturated rings. The zero-order valence-corrected chi connectivity index (χ0v) is 16.4. The predicted molar refractivity (Wildman–Crippen MR) is 103 cm³/mol. The van der Waals surface area contributed by atoms with E-state index < -0.39 is 0 Å². The number of halogens is 1. The normalized spacial score (nSPS) is 15.4. The monoisotopic (exact) mass is 448 g/mol. The lowest BCUT2D eigenvalue weighted by atomic mass is 9.97. The molecule has 0 aromatic carbocycles. The molecule has 24 heavy (non-hydrogen) atoms. The van der Waals surface area contributed by atoms with Gasteiger partial charge in [-0.25, -0.2) is 0 Å². The van der Waals surface area contributed by atoms with Crippen LogP contribution >= 0.6 is 24.0 Å². The minimum atomic E-state index is -0.113. The molecule has 1 aromatic rings. The van der Waals surface area contributed by atoms with Crippen molar-refractivity contribution in [3.63, 3.8) is 0 Å². The first-order valence-corrected chi connectivity index (χ1v) is 7.81. The topological polar surface area (TPSA) is 76.1 Å². The molecule has 0 unspecified atom stereocenters. The summed E-state index contributed by atoms with van der Waals surface area (Å²) in [5.41, 5.74) is 0. The summed E-state index contributed by atoms with van der Waals surface area (Å²) in [6.45, 7) is 2.77. The third-order valence-electron chi connectivity index (χ3n) is 3.83. The Balaban J connectivity index is 0.00000288. The van der Waals surface area contributed by atoms with Gasteiger partial charge in [-0.2, -0.15) is 0 Å². The maximum Gasteiger partial charge on any atom is 0.308 e. The summed E-state index contributed by atoms with van der Waals surface area (Å²) in [6.07, 6.45) is 4.98. The van der Waals surface area contributed by atoms with Gasteiger partial charge in [0.25, 0.3) is 0 Å². The largest absolute Gasteiger partial charge is 0.490 e. The van der Waals surface area contributed by atoms with Gasteiger partial charge >= 0.3 is 5.97 Å². The van der Waals surface area contributed by atoms with Crippen LogP contribution in [0.5, 0.6) is 5.75 Å². The molecule has 8 heteroatoms. The number of esters is 1. The first-order chi connectivity index (χ1) is 11.2. The van der Waals surface area contributed by atoms with Crippen molar-refractivity contribution < 1.29 is 14.3 Å². The summed E-state index contributed by atoms with van der Waals surface area (Å²) in [7, 11) is 3.20. The molecule has 1 aliphatic rings. The second-order valence-corrected chi connectivity index (χ2v) is 5.30. The molecular formula is C16H25IN4O3. The molecule has 0 atom stereocenters. The number of likely N-dealkylation sites (tertiary alicyclic amines) is 1. The number of nitrogens with one attached hydrogen (secondary N) is 1. The summed E-state index contributed by atoms with van der Waals surface area (Å²) in [5, 5.41) is 3.28.